The molecule has 8 heteroatoms. The summed E-state index contributed by atoms with van der Waals surface area (Å²) in [4.78, 5) is 33.4. The van der Waals surface area contributed by atoms with Gasteiger partial charge in [-0.1, -0.05) is 44.2 Å². The van der Waals surface area contributed by atoms with Crippen LogP contribution in [-0.4, -0.2) is 44.3 Å². The van der Waals surface area contributed by atoms with Crippen molar-refractivity contribution in [3.8, 4) is 0 Å². The first-order valence-corrected chi connectivity index (χ1v) is 9.33. The summed E-state index contributed by atoms with van der Waals surface area (Å²) < 4.78 is 14.5. The minimum absolute atomic E-state index is 0.162. The highest BCUT2D eigenvalue weighted by Crippen LogP contribution is 2.01. The number of hydrogen-bond acceptors (Lipinski definition) is 7. The maximum absolute atomic E-state index is 11.4. The van der Waals surface area contributed by atoms with Gasteiger partial charge in [0, 0.05) is 13.1 Å². The molecule has 0 bridgehead atoms. The van der Waals surface area contributed by atoms with Gasteiger partial charge in [0.05, 0.1) is 25.0 Å². The molecule has 1 amide bonds. The topological polar surface area (TPSA) is 117 Å². The number of carbonyl (C=O) groups is 3. The van der Waals surface area contributed by atoms with Crippen LogP contribution in [0.2, 0.25) is 0 Å². The lowest BCUT2D eigenvalue weighted by Crippen LogP contribution is -2.32. The maximum atomic E-state index is 11.4. The van der Waals surface area contributed by atoms with Gasteiger partial charge in [-0.3, -0.25) is 9.59 Å². The van der Waals surface area contributed by atoms with Crippen molar-refractivity contribution in [3.63, 3.8) is 0 Å². The van der Waals surface area contributed by atoms with Crippen molar-refractivity contribution in [3.05, 3.63) is 35.9 Å². The van der Waals surface area contributed by atoms with E-state index in [1.54, 1.807) is 27.7 Å². The van der Waals surface area contributed by atoms with Crippen molar-refractivity contribution in [1.82, 2.24) is 5.32 Å². The molecule has 8 nitrogen and oxygen atoms in total. The largest absolute Gasteiger partial charge is 0.466 e. The molecule has 0 heterocycles. The Morgan fingerprint density at radius 3 is 1.96 bits per heavy atom. The average molecular weight is 396 g/mol. The van der Waals surface area contributed by atoms with Crippen LogP contribution in [0.5, 0.6) is 0 Å². The van der Waals surface area contributed by atoms with E-state index in [1.165, 1.54) is 0 Å². The van der Waals surface area contributed by atoms with E-state index in [4.69, 9.17) is 15.2 Å². The Morgan fingerprint density at radius 2 is 1.46 bits per heavy atom. The van der Waals surface area contributed by atoms with E-state index in [2.05, 4.69) is 10.1 Å². The van der Waals surface area contributed by atoms with Crippen molar-refractivity contribution >= 4 is 18.0 Å². The zero-order valence-corrected chi connectivity index (χ0v) is 17.1. The molecule has 0 spiro atoms. The highest BCUT2D eigenvalue weighted by molar-refractivity contribution is 5.74. The van der Waals surface area contributed by atoms with Gasteiger partial charge in [-0.2, -0.15) is 0 Å². The molecule has 0 aromatic heterocycles. The smallest absolute Gasteiger partial charge is 0.407 e. The lowest BCUT2D eigenvalue weighted by atomic mass is 10.2. The predicted molar refractivity (Wildman–Crippen MR) is 105 cm³/mol. The van der Waals surface area contributed by atoms with E-state index in [1.807, 2.05) is 30.3 Å². The summed E-state index contributed by atoms with van der Waals surface area (Å²) in [5.74, 6) is -1.08. The van der Waals surface area contributed by atoms with Gasteiger partial charge in [0.15, 0.2) is 0 Å². The molecule has 0 aliphatic carbocycles. The van der Waals surface area contributed by atoms with Gasteiger partial charge in [-0.25, -0.2) is 4.79 Å². The molecule has 0 saturated carbocycles. The summed E-state index contributed by atoms with van der Waals surface area (Å²) in [6.45, 7) is 8.50. The maximum Gasteiger partial charge on any atom is 0.407 e. The Balaban J connectivity index is 0.000000684. The van der Waals surface area contributed by atoms with E-state index in [0.717, 1.165) is 5.56 Å². The zero-order valence-electron chi connectivity index (χ0n) is 17.1. The SMILES string of the molecule is CCOC(=O)C(C)CN.CCOC(=O)C(C)CNC(=O)OCc1ccccc1. The van der Waals surface area contributed by atoms with Gasteiger partial charge in [0.2, 0.25) is 0 Å². The average Bonchev–Trinajstić information content (AvgIpc) is 2.71. The number of alkyl carbamates (subject to hydrolysis) is 1. The second-order valence-corrected chi connectivity index (χ2v) is 5.98. The molecule has 3 N–H and O–H groups in total. The molecule has 1 aromatic rings. The van der Waals surface area contributed by atoms with Crippen LogP contribution >= 0.6 is 0 Å². The van der Waals surface area contributed by atoms with E-state index >= 15 is 0 Å². The number of esters is 2. The third-order valence-corrected chi connectivity index (χ3v) is 3.50. The van der Waals surface area contributed by atoms with E-state index < -0.39 is 6.09 Å². The highest BCUT2D eigenvalue weighted by Gasteiger charge is 2.15. The van der Waals surface area contributed by atoms with Crippen molar-refractivity contribution in [2.75, 3.05) is 26.3 Å². The van der Waals surface area contributed by atoms with Crippen molar-refractivity contribution in [2.24, 2.45) is 17.6 Å². The van der Waals surface area contributed by atoms with Crippen LogP contribution in [0.15, 0.2) is 30.3 Å². The fourth-order valence-electron chi connectivity index (χ4n) is 1.76. The standard InChI is InChI=1S/C14H19NO4.C6H13NO2/c1-3-18-13(16)11(2)9-15-14(17)19-10-12-7-5-4-6-8-12;1-3-9-6(8)5(2)4-7/h4-8,11H,3,9-10H2,1-2H3,(H,15,17);5H,3-4,7H2,1-2H3. The van der Waals surface area contributed by atoms with Crippen molar-refractivity contribution in [2.45, 2.75) is 34.3 Å². The number of benzene rings is 1. The molecule has 0 saturated heterocycles. The third kappa shape index (κ3) is 11.9. The first-order valence-electron chi connectivity index (χ1n) is 9.33. The minimum atomic E-state index is -0.542. The van der Waals surface area contributed by atoms with Crippen LogP contribution in [0.4, 0.5) is 4.79 Å². The van der Waals surface area contributed by atoms with Crippen LogP contribution < -0.4 is 11.1 Å². The van der Waals surface area contributed by atoms with E-state index in [0.29, 0.717) is 19.8 Å². The quantitative estimate of drug-likeness (QED) is 0.486. The number of rotatable bonds is 9. The lowest BCUT2D eigenvalue weighted by molar-refractivity contribution is -0.148. The van der Waals surface area contributed by atoms with Gasteiger partial charge in [-0.15, -0.1) is 0 Å². The highest BCUT2D eigenvalue weighted by atomic mass is 16.5. The first-order chi connectivity index (χ1) is 13.3. The number of ether oxygens (including phenoxy) is 3. The van der Waals surface area contributed by atoms with Crippen molar-refractivity contribution in [1.29, 1.82) is 0 Å². The van der Waals surface area contributed by atoms with Crippen LogP contribution in [0.1, 0.15) is 33.3 Å². The summed E-state index contributed by atoms with van der Waals surface area (Å²) in [6.07, 6.45) is -0.542. The Bertz CT molecular complexity index is 579. The molecular formula is C20H32N2O6. The number of nitrogens with two attached hydrogens (primary N) is 1. The molecule has 0 aliphatic rings. The third-order valence-electron chi connectivity index (χ3n) is 3.50. The molecule has 1 rings (SSSR count). The Hall–Kier alpha value is -2.61. The molecule has 28 heavy (non-hydrogen) atoms. The Kier molecular flexibility index (Phi) is 14.0. The fourth-order valence-corrected chi connectivity index (χ4v) is 1.76. The van der Waals surface area contributed by atoms with Gasteiger partial charge in [-0.05, 0) is 19.4 Å². The van der Waals surface area contributed by atoms with Crippen LogP contribution in [-0.2, 0) is 30.4 Å². The molecule has 2 atom stereocenters. The van der Waals surface area contributed by atoms with Gasteiger partial charge in [0.25, 0.3) is 0 Å². The zero-order chi connectivity index (χ0) is 21.4. The second-order valence-electron chi connectivity index (χ2n) is 5.98. The summed E-state index contributed by atoms with van der Waals surface area (Å²) in [5.41, 5.74) is 6.12. The Morgan fingerprint density at radius 1 is 0.929 bits per heavy atom. The summed E-state index contributed by atoms with van der Waals surface area (Å²) in [7, 11) is 0. The van der Waals surface area contributed by atoms with Crippen molar-refractivity contribution < 1.29 is 28.6 Å². The normalized spacial score (nSPS) is 11.9. The second kappa shape index (κ2) is 15.4. The van der Waals surface area contributed by atoms with Gasteiger partial charge in [0.1, 0.15) is 6.61 Å². The number of hydrogen-bond donors (Lipinski definition) is 2. The molecule has 158 valence electrons. The van der Waals surface area contributed by atoms with Crippen LogP contribution in [0.3, 0.4) is 0 Å². The van der Waals surface area contributed by atoms with Crippen LogP contribution in [0.25, 0.3) is 0 Å². The summed E-state index contributed by atoms with van der Waals surface area (Å²) in [5, 5.41) is 2.53. The number of nitrogens with one attached hydrogen (secondary N) is 1. The monoisotopic (exact) mass is 396 g/mol. The van der Waals surface area contributed by atoms with Crippen LogP contribution in [0, 0.1) is 11.8 Å². The number of amides is 1. The first kappa shape index (κ1) is 25.4. The molecular weight excluding hydrogens is 364 g/mol. The van der Waals surface area contributed by atoms with Gasteiger partial charge < -0.3 is 25.3 Å². The summed E-state index contributed by atoms with van der Waals surface area (Å²) >= 11 is 0. The van der Waals surface area contributed by atoms with E-state index in [9.17, 15) is 14.4 Å². The predicted octanol–water partition coefficient (Wildman–Crippen LogP) is 2.26. The molecule has 0 fully saturated rings. The summed E-state index contributed by atoms with van der Waals surface area (Å²) in [6, 6.07) is 9.38. The Labute approximate surface area is 166 Å². The molecule has 2 unspecified atom stereocenters. The minimum Gasteiger partial charge on any atom is -0.466 e. The molecule has 0 radical (unpaired) electrons. The number of carbonyl (C=O) groups excluding carboxylic acids is 3. The fraction of sp³-hybridized carbons (Fsp3) is 0.550. The van der Waals surface area contributed by atoms with Gasteiger partial charge >= 0.3 is 18.0 Å². The molecule has 1 aromatic carbocycles. The molecule has 0 aliphatic heterocycles. The lowest BCUT2D eigenvalue weighted by Gasteiger charge is -2.11. The van der Waals surface area contributed by atoms with E-state index in [-0.39, 0.29) is 36.9 Å².